The van der Waals surface area contributed by atoms with Crippen molar-refractivity contribution in [1.29, 1.82) is 0 Å². The second-order valence-electron chi connectivity index (χ2n) is 7.77. The van der Waals surface area contributed by atoms with E-state index in [-0.39, 0.29) is 6.09 Å². The molecule has 0 spiro atoms. The largest absolute Gasteiger partial charge is 0.450 e. The number of thiophene rings is 1. The Morgan fingerprint density at radius 3 is 2.61 bits per heavy atom. The molecule has 152 valence electrons. The molecule has 7 nitrogen and oxygen atoms in total. The molecule has 1 aliphatic heterocycles. The van der Waals surface area contributed by atoms with E-state index in [1.54, 1.807) is 4.90 Å². The van der Waals surface area contributed by atoms with E-state index in [2.05, 4.69) is 9.80 Å². The van der Waals surface area contributed by atoms with E-state index in [1.165, 1.54) is 28.7 Å². The highest BCUT2D eigenvalue weighted by Gasteiger charge is 2.27. The second-order valence-corrected chi connectivity index (χ2v) is 8.85. The van der Waals surface area contributed by atoms with E-state index in [9.17, 15) is 4.79 Å². The molecular weight excluding hydrogens is 374 g/mol. The highest BCUT2D eigenvalue weighted by Crippen LogP contribution is 2.40. The molecule has 28 heavy (non-hydrogen) atoms. The maximum absolute atomic E-state index is 12.0. The van der Waals surface area contributed by atoms with Crippen LogP contribution in [0.15, 0.2) is 0 Å². The molecule has 2 aliphatic rings. The number of ether oxygens (including phenoxy) is 1. The van der Waals surface area contributed by atoms with E-state index < -0.39 is 0 Å². The lowest BCUT2D eigenvalue weighted by Crippen LogP contribution is -2.49. The van der Waals surface area contributed by atoms with Crippen LogP contribution in [0, 0.1) is 0 Å². The summed E-state index contributed by atoms with van der Waals surface area (Å²) in [6, 6.07) is 0. The molecular formula is C20H29N5O2S. The van der Waals surface area contributed by atoms with E-state index >= 15 is 0 Å². The molecule has 0 aromatic carbocycles. The van der Waals surface area contributed by atoms with E-state index in [4.69, 9.17) is 14.7 Å². The van der Waals surface area contributed by atoms with Gasteiger partial charge in [0.25, 0.3) is 0 Å². The first-order chi connectivity index (χ1) is 13.6. The zero-order valence-corrected chi connectivity index (χ0v) is 17.8. The van der Waals surface area contributed by atoms with Gasteiger partial charge in [0.2, 0.25) is 0 Å². The fourth-order valence-corrected chi connectivity index (χ4v) is 5.35. The maximum atomic E-state index is 12.0. The predicted octanol–water partition coefficient (Wildman–Crippen LogP) is 2.91. The predicted molar refractivity (Wildman–Crippen MR) is 112 cm³/mol. The quantitative estimate of drug-likeness (QED) is 0.782. The first-order valence-corrected chi connectivity index (χ1v) is 11.0. The van der Waals surface area contributed by atoms with Gasteiger partial charge in [0.1, 0.15) is 16.5 Å². The van der Waals surface area contributed by atoms with Crippen molar-refractivity contribution in [2.45, 2.75) is 39.2 Å². The van der Waals surface area contributed by atoms with Crippen LogP contribution in [0.5, 0.6) is 0 Å². The molecule has 0 saturated carbocycles. The van der Waals surface area contributed by atoms with Gasteiger partial charge in [-0.25, -0.2) is 14.8 Å². The van der Waals surface area contributed by atoms with Gasteiger partial charge in [0.15, 0.2) is 0 Å². The van der Waals surface area contributed by atoms with Crippen LogP contribution < -0.4 is 4.90 Å². The van der Waals surface area contributed by atoms with Crippen LogP contribution in [-0.2, 0) is 24.1 Å². The first-order valence-electron chi connectivity index (χ1n) is 10.2. The van der Waals surface area contributed by atoms with Crippen molar-refractivity contribution < 1.29 is 9.53 Å². The molecule has 0 bridgehead atoms. The van der Waals surface area contributed by atoms with Gasteiger partial charge in [-0.15, -0.1) is 11.3 Å². The number of carbonyl (C=O) groups is 1. The van der Waals surface area contributed by atoms with E-state index in [0.29, 0.717) is 19.7 Å². The Labute approximate surface area is 170 Å². The van der Waals surface area contributed by atoms with Gasteiger partial charge < -0.3 is 19.4 Å². The Morgan fingerprint density at radius 1 is 1.14 bits per heavy atom. The van der Waals surface area contributed by atoms with Crippen molar-refractivity contribution in [1.82, 2.24) is 19.8 Å². The Kier molecular flexibility index (Phi) is 5.68. The Balaban J connectivity index is 1.67. The van der Waals surface area contributed by atoms with E-state index in [1.807, 2.05) is 32.4 Å². The van der Waals surface area contributed by atoms with Crippen LogP contribution in [0.1, 0.15) is 36.0 Å². The fraction of sp³-hybridized carbons (Fsp3) is 0.650. The van der Waals surface area contributed by atoms with Crippen molar-refractivity contribution in [3.8, 4) is 0 Å². The Bertz CT molecular complexity index is 858. The number of hydrogen-bond donors (Lipinski definition) is 0. The summed E-state index contributed by atoms with van der Waals surface area (Å²) < 4.78 is 5.16. The summed E-state index contributed by atoms with van der Waals surface area (Å²) in [6.07, 6.45) is 4.59. The third-order valence-corrected chi connectivity index (χ3v) is 6.59. The number of piperazine rings is 1. The molecule has 0 radical (unpaired) electrons. The lowest BCUT2D eigenvalue weighted by atomic mass is 9.97. The summed E-state index contributed by atoms with van der Waals surface area (Å²) in [4.78, 5) is 30.8. The van der Waals surface area contributed by atoms with Crippen LogP contribution in [0.3, 0.4) is 0 Å². The van der Waals surface area contributed by atoms with Crippen LogP contribution in [0.4, 0.5) is 10.6 Å². The van der Waals surface area contributed by atoms with Crippen molar-refractivity contribution in [3.05, 3.63) is 16.3 Å². The summed E-state index contributed by atoms with van der Waals surface area (Å²) in [5, 5.41) is 1.26. The Hall–Kier alpha value is -1.93. The zero-order chi connectivity index (χ0) is 19.7. The second kappa shape index (κ2) is 8.21. The van der Waals surface area contributed by atoms with Gasteiger partial charge in [-0.3, -0.25) is 0 Å². The topological polar surface area (TPSA) is 61.8 Å². The lowest BCUT2D eigenvalue weighted by molar-refractivity contribution is 0.105. The average molecular weight is 404 g/mol. The number of fused-ring (bicyclic) bond motifs is 3. The number of nitrogens with zero attached hydrogens (tertiary/aromatic N) is 5. The Morgan fingerprint density at radius 2 is 1.89 bits per heavy atom. The molecule has 0 unspecified atom stereocenters. The van der Waals surface area contributed by atoms with Gasteiger partial charge in [-0.1, -0.05) is 0 Å². The smallest absolute Gasteiger partial charge is 0.409 e. The van der Waals surface area contributed by atoms with Crippen molar-refractivity contribution in [2.24, 2.45) is 0 Å². The molecule has 3 heterocycles. The third-order valence-electron chi connectivity index (χ3n) is 5.40. The molecule has 8 heteroatoms. The minimum Gasteiger partial charge on any atom is -0.450 e. The molecule has 0 atom stereocenters. The monoisotopic (exact) mass is 403 g/mol. The number of carbonyl (C=O) groups excluding carboxylic acids is 1. The molecule has 1 saturated heterocycles. The van der Waals surface area contributed by atoms with Crippen molar-refractivity contribution in [2.75, 3.05) is 51.8 Å². The minimum atomic E-state index is -0.212. The number of hydrogen-bond acceptors (Lipinski definition) is 7. The average Bonchev–Trinajstić information content (AvgIpc) is 3.05. The van der Waals surface area contributed by atoms with Crippen molar-refractivity contribution >= 4 is 33.5 Å². The number of aryl methyl sites for hydroxylation is 2. The number of amides is 1. The summed E-state index contributed by atoms with van der Waals surface area (Å²) in [5.41, 5.74) is 1.46. The summed E-state index contributed by atoms with van der Waals surface area (Å²) >= 11 is 1.85. The van der Waals surface area contributed by atoms with E-state index in [0.717, 1.165) is 48.9 Å². The van der Waals surface area contributed by atoms with Crippen LogP contribution in [-0.4, -0.2) is 72.7 Å². The van der Waals surface area contributed by atoms with Crippen molar-refractivity contribution in [3.63, 3.8) is 0 Å². The zero-order valence-electron chi connectivity index (χ0n) is 17.0. The standard InChI is InChI=1S/C20H29N5O2S/c1-4-27-20(26)25-11-9-24(10-12-25)18-17-14-7-5-6-8-15(14)28-19(17)22-16(21-18)13-23(2)3/h4-13H2,1-3H3. The highest BCUT2D eigenvalue weighted by atomic mass is 32.1. The van der Waals surface area contributed by atoms with Crippen LogP contribution in [0.25, 0.3) is 10.2 Å². The fourth-order valence-electron chi connectivity index (χ4n) is 4.08. The molecule has 2 aromatic rings. The number of rotatable bonds is 4. The van der Waals surface area contributed by atoms with Gasteiger partial charge in [0, 0.05) is 31.1 Å². The summed E-state index contributed by atoms with van der Waals surface area (Å²) in [6.45, 7) is 5.87. The highest BCUT2D eigenvalue weighted by molar-refractivity contribution is 7.19. The molecule has 1 aliphatic carbocycles. The van der Waals surface area contributed by atoms with Gasteiger partial charge >= 0.3 is 6.09 Å². The van der Waals surface area contributed by atoms with Crippen LogP contribution >= 0.6 is 11.3 Å². The molecule has 1 fully saturated rings. The van der Waals surface area contributed by atoms with Gasteiger partial charge in [0.05, 0.1) is 18.5 Å². The maximum Gasteiger partial charge on any atom is 0.409 e. The number of aromatic nitrogens is 2. The lowest BCUT2D eigenvalue weighted by Gasteiger charge is -2.35. The normalized spacial score (nSPS) is 17.3. The van der Waals surface area contributed by atoms with Crippen LogP contribution in [0.2, 0.25) is 0 Å². The third kappa shape index (κ3) is 3.80. The molecule has 0 N–H and O–H groups in total. The van der Waals surface area contributed by atoms with Gasteiger partial charge in [-0.05, 0) is 52.3 Å². The summed E-state index contributed by atoms with van der Waals surface area (Å²) in [5.74, 6) is 1.93. The first kappa shape index (κ1) is 19.4. The molecule has 1 amide bonds. The molecule has 4 rings (SSSR count). The van der Waals surface area contributed by atoms with Gasteiger partial charge in [-0.2, -0.15) is 0 Å². The molecule has 2 aromatic heterocycles. The summed E-state index contributed by atoms with van der Waals surface area (Å²) in [7, 11) is 4.09. The number of anilines is 1. The SMILES string of the molecule is CCOC(=O)N1CCN(c2nc(CN(C)C)nc3sc4c(c23)CCCC4)CC1. The minimum absolute atomic E-state index is 0.212.